The summed E-state index contributed by atoms with van der Waals surface area (Å²) in [7, 11) is 1.78. The van der Waals surface area contributed by atoms with Crippen LogP contribution >= 0.6 is 0 Å². The molecule has 1 amide bonds. The number of hydrogen-bond acceptors (Lipinski definition) is 4. The van der Waals surface area contributed by atoms with Gasteiger partial charge in [0.1, 0.15) is 5.60 Å². The van der Waals surface area contributed by atoms with Crippen LogP contribution in [-0.4, -0.2) is 49.2 Å². The van der Waals surface area contributed by atoms with Crippen molar-refractivity contribution in [1.29, 1.82) is 0 Å². The van der Waals surface area contributed by atoms with E-state index in [1.807, 2.05) is 20.8 Å². The van der Waals surface area contributed by atoms with Gasteiger partial charge in [-0.1, -0.05) is 0 Å². The standard InChI is InChI=1S/C15H27NO4/c1-15(2,3)20-14(18)8-7-13(17)16(4)10-12-6-5-9-19-11-12/h12H,5-11H2,1-4H3. The van der Waals surface area contributed by atoms with E-state index >= 15 is 0 Å². The van der Waals surface area contributed by atoms with Gasteiger partial charge in [0, 0.05) is 26.6 Å². The molecule has 0 bridgehead atoms. The second-order valence-electron chi connectivity index (χ2n) is 6.44. The molecule has 1 fully saturated rings. The highest BCUT2D eigenvalue weighted by atomic mass is 16.6. The first-order valence-electron chi connectivity index (χ1n) is 7.31. The van der Waals surface area contributed by atoms with Crippen LogP contribution in [0.25, 0.3) is 0 Å². The first kappa shape index (κ1) is 17.0. The minimum absolute atomic E-state index is 0.0126. The van der Waals surface area contributed by atoms with Crippen LogP contribution in [0.4, 0.5) is 0 Å². The van der Waals surface area contributed by atoms with Crippen LogP contribution in [0.1, 0.15) is 46.5 Å². The SMILES string of the molecule is CN(CC1CCCOC1)C(=O)CCC(=O)OC(C)(C)C. The van der Waals surface area contributed by atoms with Crippen LogP contribution in [-0.2, 0) is 19.1 Å². The maximum atomic E-state index is 12.0. The molecule has 1 heterocycles. The fourth-order valence-electron chi connectivity index (χ4n) is 2.23. The fraction of sp³-hybridized carbons (Fsp3) is 0.867. The summed E-state index contributed by atoms with van der Waals surface area (Å²) in [5.41, 5.74) is -0.495. The second kappa shape index (κ2) is 7.62. The maximum Gasteiger partial charge on any atom is 0.306 e. The summed E-state index contributed by atoms with van der Waals surface area (Å²) < 4.78 is 10.6. The van der Waals surface area contributed by atoms with E-state index in [1.54, 1.807) is 11.9 Å². The Morgan fingerprint density at radius 2 is 2.00 bits per heavy atom. The Morgan fingerprint density at radius 1 is 1.30 bits per heavy atom. The Hall–Kier alpha value is -1.10. The predicted molar refractivity (Wildman–Crippen MR) is 76.3 cm³/mol. The van der Waals surface area contributed by atoms with E-state index in [2.05, 4.69) is 0 Å². The summed E-state index contributed by atoms with van der Waals surface area (Å²) >= 11 is 0. The first-order valence-corrected chi connectivity index (χ1v) is 7.31. The number of amides is 1. The van der Waals surface area contributed by atoms with E-state index in [9.17, 15) is 9.59 Å². The number of carbonyl (C=O) groups excluding carboxylic acids is 2. The summed E-state index contributed by atoms with van der Waals surface area (Å²) in [4.78, 5) is 25.2. The molecule has 0 saturated carbocycles. The lowest BCUT2D eigenvalue weighted by atomic mass is 10.0. The van der Waals surface area contributed by atoms with Gasteiger partial charge in [-0.3, -0.25) is 9.59 Å². The van der Waals surface area contributed by atoms with E-state index in [-0.39, 0.29) is 24.7 Å². The third-order valence-electron chi connectivity index (χ3n) is 3.18. The molecule has 1 saturated heterocycles. The molecular formula is C15H27NO4. The molecule has 0 aromatic carbocycles. The highest BCUT2D eigenvalue weighted by Crippen LogP contribution is 2.15. The summed E-state index contributed by atoms with van der Waals surface area (Å²) in [6, 6.07) is 0. The van der Waals surface area contributed by atoms with Crippen molar-refractivity contribution < 1.29 is 19.1 Å². The van der Waals surface area contributed by atoms with Crippen LogP contribution in [0.3, 0.4) is 0 Å². The van der Waals surface area contributed by atoms with Crippen molar-refractivity contribution in [2.45, 2.75) is 52.1 Å². The number of carbonyl (C=O) groups is 2. The molecule has 0 N–H and O–H groups in total. The van der Waals surface area contributed by atoms with Crippen LogP contribution in [0.2, 0.25) is 0 Å². The molecule has 5 nitrogen and oxygen atoms in total. The summed E-state index contributed by atoms with van der Waals surface area (Å²) in [5.74, 6) is 0.0842. The van der Waals surface area contributed by atoms with Gasteiger partial charge in [-0.25, -0.2) is 0 Å². The van der Waals surface area contributed by atoms with Crippen molar-refractivity contribution in [3.05, 3.63) is 0 Å². The van der Waals surface area contributed by atoms with E-state index in [0.717, 1.165) is 26.1 Å². The van der Waals surface area contributed by atoms with E-state index < -0.39 is 5.60 Å². The molecule has 1 atom stereocenters. The van der Waals surface area contributed by atoms with Gasteiger partial charge in [-0.2, -0.15) is 0 Å². The van der Waals surface area contributed by atoms with Gasteiger partial charge in [-0.15, -0.1) is 0 Å². The number of ether oxygens (including phenoxy) is 2. The normalized spacial score (nSPS) is 19.5. The first-order chi connectivity index (χ1) is 9.28. The van der Waals surface area contributed by atoms with Gasteiger partial charge in [0.15, 0.2) is 0 Å². The maximum absolute atomic E-state index is 12.0. The van der Waals surface area contributed by atoms with Crippen LogP contribution < -0.4 is 0 Å². The molecule has 1 unspecified atom stereocenters. The zero-order chi connectivity index (χ0) is 15.2. The number of nitrogens with zero attached hydrogens (tertiary/aromatic N) is 1. The van der Waals surface area contributed by atoms with Gasteiger partial charge in [0.25, 0.3) is 0 Å². The molecule has 0 spiro atoms. The molecule has 1 aliphatic heterocycles. The van der Waals surface area contributed by atoms with Crippen molar-refractivity contribution in [2.24, 2.45) is 5.92 Å². The van der Waals surface area contributed by atoms with Gasteiger partial charge < -0.3 is 14.4 Å². The Morgan fingerprint density at radius 3 is 2.55 bits per heavy atom. The van der Waals surface area contributed by atoms with Crippen molar-refractivity contribution in [2.75, 3.05) is 26.8 Å². The predicted octanol–water partition coefficient (Wildman–Crippen LogP) is 1.99. The highest BCUT2D eigenvalue weighted by molar-refractivity contribution is 5.81. The van der Waals surface area contributed by atoms with E-state index in [1.165, 1.54) is 0 Å². The minimum atomic E-state index is -0.495. The highest BCUT2D eigenvalue weighted by Gasteiger charge is 2.21. The van der Waals surface area contributed by atoms with Gasteiger partial charge in [0.05, 0.1) is 13.0 Å². The zero-order valence-corrected chi connectivity index (χ0v) is 13.1. The average Bonchev–Trinajstić information content (AvgIpc) is 2.35. The van der Waals surface area contributed by atoms with Gasteiger partial charge in [0.2, 0.25) is 5.91 Å². The molecule has 0 aromatic rings. The molecular weight excluding hydrogens is 258 g/mol. The van der Waals surface area contributed by atoms with Crippen molar-refractivity contribution in [1.82, 2.24) is 4.90 Å². The van der Waals surface area contributed by atoms with E-state index in [4.69, 9.17) is 9.47 Å². The monoisotopic (exact) mass is 285 g/mol. The van der Waals surface area contributed by atoms with Gasteiger partial charge in [-0.05, 0) is 39.5 Å². The lowest BCUT2D eigenvalue weighted by molar-refractivity contribution is -0.156. The number of hydrogen-bond donors (Lipinski definition) is 0. The Labute approximate surface area is 121 Å². The molecule has 0 radical (unpaired) electrons. The zero-order valence-electron chi connectivity index (χ0n) is 13.1. The Kier molecular flexibility index (Phi) is 6.46. The van der Waals surface area contributed by atoms with Crippen LogP contribution in [0.15, 0.2) is 0 Å². The van der Waals surface area contributed by atoms with Crippen LogP contribution in [0, 0.1) is 5.92 Å². The van der Waals surface area contributed by atoms with Crippen molar-refractivity contribution >= 4 is 11.9 Å². The lowest BCUT2D eigenvalue weighted by Gasteiger charge is -2.27. The molecule has 0 aromatic heterocycles. The largest absolute Gasteiger partial charge is 0.460 e. The third-order valence-corrected chi connectivity index (χ3v) is 3.18. The smallest absolute Gasteiger partial charge is 0.306 e. The molecule has 20 heavy (non-hydrogen) atoms. The van der Waals surface area contributed by atoms with E-state index in [0.29, 0.717) is 12.5 Å². The van der Waals surface area contributed by atoms with Crippen molar-refractivity contribution in [3.8, 4) is 0 Å². The second-order valence-corrected chi connectivity index (χ2v) is 6.44. The third kappa shape index (κ3) is 6.89. The molecule has 0 aliphatic carbocycles. The summed E-state index contributed by atoms with van der Waals surface area (Å²) in [6.07, 6.45) is 2.51. The molecule has 116 valence electrons. The topological polar surface area (TPSA) is 55.8 Å². The average molecular weight is 285 g/mol. The number of rotatable bonds is 5. The lowest BCUT2D eigenvalue weighted by Crippen LogP contribution is -2.35. The van der Waals surface area contributed by atoms with Crippen molar-refractivity contribution in [3.63, 3.8) is 0 Å². The van der Waals surface area contributed by atoms with Crippen LogP contribution in [0.5, 0.6) is 0 Å². The molecule has 1 aliphatic rings. The van der Waals surface area contributed by atoms with Gasteiger partial charge >= 0.3 is 5.97 Å². The summed E-state index contributed by atoms with van der Waals surface area (Å²) in [5, 5.41) is 0. The molecule has 1 rings (SSSR count). The fourth-order valence-corrected chi connectivity index (χ4v) is 2.23. The minimum Gasteiger partial charge on any atom is -0.460 e. The Bertz CT molecular complexity index is 329. The summed E-state index contributed by atoms with van der Waals surface area (Å²) in [6.45, 7) is 7.72. The quantitative estimate of drug-likeness (QED) is 0.725. The molecule has 5 heteroatoms. The Balaban J connectivity index is 2.25. The number of esters is 1.